The van der Waals surface area contributed by atoms with Crippen LogP contribution in [0.2, 0.25) is 0 Å². The first kappa shape index (κ1) is 9.39. The van der Waals surface area contributed by atoms with Gasteiger partial charge < -0.3 is 15.6 Å². The van der Waals surface area contributed by atoms with Crippen LogP contribution in [-0.2, 0) is 9.53 Å². The number of hydrogen-bond acceptors (Lipinski definition) is 4. The van der Waals surface area contributed by atoms with Crippen LogP contribution in [0.25, 0.3) is 0 Å². The van der Waals surface area contributed by atoms with Crippen LogP contribution < -0.4 is 5.73 Å². The van der Waals surface area contributed by atoms with Gasteiger partial charge in [0.25, 0.3) is 0 Å². The largest absolute Gasteiger partial charge is 0.468 e. The van der Waals surface area contributed by atoms with E-state index in [1.165, 1.54) is 7.11 Å². The monoisotopic (exact) mass is 147 g/mol. The third-order valence-corrected chi connectivity index (χ3v) is 1.37. The molecular weight excluding hydrogens is 134 g/mol. The lowest BCUT2D eigenvalue weighted by Crippen LogP contribution is -2.39. The number of nitrogens with two attached hydrogens (primary N) is 1. The fourth-order valence-corrected chi connectivity index (χ4v) is 0.482. The molecule has 4 heteroatoms. The minimum atomic E-state index is -0.713. The van der Waals surface area contributed by atoms with E-state index in [1.54, 1.807) is 6.92 Å². The predicted octanol–water partition coefficient (Wildman–Crippen LogP) is -0.885. The molecule has 60 valence electrons. The van der Waals surface area contributed by atoms with Crippen molar-refractivity contribution >= 4 is 5.97 Å². The Kier molecular flexibility index (Phi) is 3.99. The topological polar surface area (TPSA) is 72.5 Å². The van der Waals surface area contributed by atoms with Crippen LogP contribution in [0.4, 0.5) is 0 Å². The molecule has 3 N–H and O–H groups in total. The molecular formula is C6H13NO3. The van der Waals surface area contributed by atoms with Crippen LogP contribution in [0.15, 0.2) is 0 Å². The number of ether oxygens (including phenoxy) is 1. The van der Waals surface area contributed by atoms with Crippen LogP contribution >= 0.6 is 0 Å². The first-order valence-electron chi connectivity index (χ1n) is 3.07. The smallest absolute Gasteiger partial charge is 0.322 e. The Hall–Kier alpha value is -0.610. The van der Waals surface area contributed by atoms with Gasteiger partial charge in [-0.15, -0.1) is 0 Å². The van der Waals surface area contributed by atoms with Crippen molar-refractivity contribution in [1.29, 1.82) is 0 Å². The number of carbonyl (C=O) groups excluding carboxylic acids is 1. The number of esters is 1. The number of hydrogen-bond donors (Lipinski definition) is 2. The molecule has 0 radical (unpaired) electrons. The van der Waals surface area contributed by atoms with Crippen molar-refractivity contribution in [1.82, 2.24) is 0 Å². The summed E-state index contributed by atoms with van der Waals surface area (Å²) in [6.45, 7) is 1.58. The van der Waals surface area contributed by atoms with E-state index in [0.717, 1.165) is 0 Å². The summed E-state index contributed by atoms with van der Waals surface area (Å²) in [7, 11) is 1.27. The van der Waals surface area contributed by atoms with Gasteiger partial charge >= 0.3 is 5.97 Å². The standard InChI is InChI=1S/C6H13NO3/c1-4(3-8)5(7)6(9)10-2/h4-5,8H,3,7H2,1-2H3. The molecule has 10 heavy (non-hydrogen) atoms. The van der Waals surface area contributed by atoms with Crippen molar-refractivity contribution in [2.45, 2.75) is 13.0 Å². The lowest BCUT2D eigenvalue weighted by molar-refractivity contribution is -0.143. The quantitative estimate of drug-likeness (QED) is 0.508. The zero-order valence-corrected chi connectivity index (χ0v) is 6.20. The zero-order chi connectivity index (χ0) is 8.15. The van der Waals surface area contributed by atoms with Gasteiger partial charge in [-0.05, 0) is 0 Å². The van der Waals surface area contributed by atoms with Crippen LogP contribution in [0.1, 0.15) is 6.92 Å². The zero-order valence-electron chi connectivity index (χ0n) is 6.20. The molecule has 0 bridgehead atoms. The van der Waals surface area contributed by atoms with E-state index in [9.17, 15) is 4.79 Å². The Morgan fingerprint density at radius 2 is 2.30 bits per heavy atom. The first-order valence-corrected chi connectivity index (χ1v) is 3.07. The normalized spacial score (nSPS) is 16.0. The highest BCUT2D eigenvalue weighted by Crippen LogP contribution is 1.99. The molecule has 0 aliphatic carbocycles. The molecule has 0 aromatic carbocycles. The second kappa shape index (κ2) is 4.24. The van der Waals surface area contributed by atoms with E-state index >= 15 is 0 Å². The highest BCUT2D eigenvalue weighted by molar-refractivity contribution is 5.75. The summed E-state index contributed by atoms with van der Waals surface area (Å²) in [5.41, 5.74) is 5.35. The van der Waals surface area contributed by atoms with Crippen LogP contribution in [0.5, 0.6) is 0 Å². The van der Waals surface area contributed by atoms with Crippen molar-refractivity contribution < 1.29 is 14.6 Å². The highest BCUT2D eigenvalue weighted by Gasteiger charge is 2.19. The molecule has 4 nitrogen and oxygen atoms in total. The lowest BCUT2D eigenvalue weighted by Gasteiger charge is -2.13. The second-order valence-electron chi connectivity index (χ2n) is 2.21. The molecule has 0 saturated heterocycles. The summed E-state index contributed by atoms with van der Waals surface area (Å²) < 4.78 is 4.36. The fraction of sp³-hybridized carbons (Fsp3) is 0.833. The Balaban J connectivity index is 3.81. The van der Waals surface area contributed by atoms with Crippen LogP contribution in [0, 0.1) is 5.92 Å². The van der Waals surface area contributed by atoms with E-state index in [1.807, 2.05) is 0 Å². The van der Waals surface area contributed by atoms with Gasteiger partial charge in [0.2, 0.25) is 0 Å². The molecule has 0 fully saturated rings. The highest BCUT2D eigenvalue weighted by atomic mass is 16.5. The molecule has 2 unspecified atom stereocenters. The summed E-state index contributed by atoms with van der Waals surface area (Å²) >= 11 is 0. The van der Waals surface area contributed by atoms with Gasteiger partial charge in [-0.2, -0.15) is 0 Å². The molecule has 0 aromatic heterocycles. The van der Waals surface area contributed by atoms with Crippen LogP contribution in [-0.4, -0.2) is 30.8 Å². The molecule has 0 heterocycles. The summed E-state index contributed by atoms with van der Waals surface area (Å²) in [6, 6.07) is -0.713. The first-order chi connectivity index (χ1) is 4.63. The molecule has 0 amide bonds. The number of carbonyl (C=O) groups is 1. The van der Waals surface area contributed by atoms with Crippen molar-refractivity contribution in [2.75, 3.05) is 13.7 Å². The number of aliphatic hydroxyl groups excluding tert-OH is 1. The Morgan fingerprint density at radius 3 is 2.60 bits per heavy atom. The van der Waals surface area contributed by atoms with Gasteiger partial charge in [-0.1, -0.05) is 6.92 Å². The average Bonchev–Trinajstić information content (AvgIpc) is 2.00. The van der Waals surface area contributed by atoms with Gasteiger partial charge in [0.05, 0.1) is 7.11 Å². The number of rotatable bonds is 3. The number of aliphatic hydroxyl groups is 1. The minimum absolute atomic E-state index is 0.101. The van der Waals surface area contributed by atoms with Gasteiger partial charge in [0.1, 0.15) is 6.04 Å². The van der Waals surface area contributed by atoms with Gasteiger partial charge in [-0.3, -0.25) is 4.79 Å². The fourth-order valence-electron chi connectivity index (χ4n) is 0.482. The Morgan fingerprint density at radius 1 is 1.80 bits per heavy atom. The lowest BCUT2D eigenvalue weighted by atomic mass is 10.1. The third-order valence-electron chi connectivity index (χ3n) is 1.37. The summed E-state index contributed by atoms with van der Waals surface area (Å²) in [5, 5.41) is 8.56. The molecule has 0 aliphatic rings. The molecule has 0 rings (SSSR count). The molecule has 2 atom stereocenters. The third kappa shape index (κ3) is 2.33. The van der Waals surface area contributed by atoms with E-state index in [4.69, 9.17) is 10.8 Å². The average molecular weight is 147 g/mol. The van der Waals surface area contributed by atoms with Gasteiger partial charge in [0.15, 0.2) is 0 Å². The molecule has 0 aromatic rings. The maximum absolute atomic E-state index is 10.7. The Bertz CT molecular complexity index is 116. The van der Waals surface area contributed by atoms with Crippen LogP contribution in [0.3, 0.4) is 0 Å². The number of methoxy groups -OCH3 is 1. The van der Waals surface area contributed by atoms with Gasteiger partial charge in [0, 0.05) is 12.5 Å². The van der Waals surface area contributed by atoms with Crippen molar-refractivity contribution in [3.63, 3.8) is 0 Å². The summed E-state index contributed by atoms with van der Waals surface area (Å²) in [6.07, 6.45) is 0. The predicted molar refractivity (Wildman–Crippen MR) is 36.2 cm³/mol. The van der Waals surface area contributed by atoms with E-state index in [-0.39, 0.29) is 12.5 Å². The van der Waals surface area contributed by atoms with Gasteiger partial charge in [-0.25, -0.2) is 0 Å². The Labute approximate surface area is 60.0 Å². The van der Waals surface area contributed by atoms with Crippen molar-refractivity contribution in [3.05, 3.63) is 0 Å². The maximum atomic E-state index is 10.7. The summed E-state index contributed by atoms with van der Waals surface area (Å²) in [4.78, 5) is 10.7. The SMILES string of the molecule is COC(=O)C(N)C(C)CO. The van der Waals surface area contributed by atoms with Crippen molar-refractivity contribution in [2.24, 2.45) is 11.7 Å². The second-order valence-corrected chi connectivity index (χ2v) is 2.21. The minimum Gasteiger partial charge on any atom is -0.468 e. The van der Waals surface area contributed by atoms with E-state index in [0.29, 0.717) is 0 Å². The van der Waals surface area contributed by atoms with E-state index < -0.39 is 12.0 Å². The molecule has 0 saturated carbocycles. The van der Waals surface area contributed by atoms with E-state index in [2.05, 4.69) is 4.74 Å². The molecule has 0 aliphatic heterocycles. The summed E-state index contributed by atoms with van der Waals surface area (Å²) in [5.74, 6) is -0.728. The maximum Gasteiger partial charge on any atom is 0.322 e. The van der Waals surface area contributed by atoms with Crippen molar-refractivity contribution in [3.8, 4) is 0 Å². The molecule has 0 spiro atoms.